The lowest BCUT2D eigenvalue weighted by atomic mass is 10.0. The van der Waals surface area contributed by atoms with Gasteiger partial charge in [-0.15, -0.1) is 0 Å². The van der Waals surface area contributed by atoms with Crippen molar-refractivity contribution in [3.63, 3.8) is 0 Å². The molecule has 0 aromatic rings. The van der Waals surface area contributed by atoms with Gasteiger partial charge in [-0.05, 0) is 26.7 Å². The highest BCUT2D eigenvalue weighted by molar-refractivity contribution is 5.85. The Morgan fingerprint density at radius 1 is 1.33 bits per heavy atom. The molecule has 1 aliphatic rings. The van der Waals surface area contributed by atoms with Gasteiger partial charge >= 0.3 is 0 Å². The van der Waals surface area contributed by atoms with Crippen molar-refractivity contribution >= 4 is 5.91 Å². The summed E-state index contributed by atoms with van der Waals surface area (Å²) in [7, 11) is 1.70. The molecule has 1 rings (SSSR count). The molecule has 0 saturated carbocycles. The van der Waals surface area contributed by atoms with Crippen molar-refractivity contribution in [2.24, 2.45) is 0 Å². The summed E-state index contributed by atoms with van der Waals surface area (Å²) in [6, 6.07) is 0. The van der Waals surface area contributed by atoms with Crippen LogP contribution in [0.4, 0.5) is 0 Å². The van der Waals surface area contributed by atoms with Gasteiger partial charge in [-0.1, -0.05) is 0 Å². The number of ether oxygens (including phenoxy) is 1. The SMILES string of the molecule is COCCCCNC(=O)C(C)(C)N1CCNCC1. The zero-order valence-corrected chi connectivity index (χ0v) is 11.9. The summed E-state index contributed by atoms with van der Waals surface area (Å²) >= 11 is 0. The van der Waals surface area contributed by atoms with Gasteiger partial charge in [-0.25, -0.2) is 0 Å². The number of unbranched alkanes of at least 4 members (excludes halogenated alkanes) is 1. The predicted molar refractivity (Wildman–Crippen MR) is 72.6 cm³/mol. The largest absolute Gasteiger partial charge is 0.385 e. The molecule has 0 unspecified atom stereocenters. The smallest absolute Gasteiger partial charge is 0.239 e. The van der Waals surface area contributed by atoms with Crippen molar-refractivity contribution in [3.05, 3.63) is 0 Å². The first-order valence-electron chi connectivity index (χ1n) is 6.82. The third kappa shape index (κ3) is 4.55. The quantitative estimate of drug-likeness (QED) is 0.640. The second-order valence-corrected chi connectivity index (χ2v) is 5.25. The molecule has 0 spiro atoms. The number of amides is 1. The molecule has 5 heteroatoms. The number of carbonyl (C=O) groups is 1. The van der Waals surface area contributed by atoms with E-state index in [1.807, 2.05) is 13.8 Å². The first-order chi connectivity index (χ1) is 8.59. The maximum Gasteiger partial charge on any atom is 0.239 e. The number of carbonyl (C=O) groups excluding carboxylic acids is 1. The molecule has 18 heavy (non-hydrogen) atoms. The zero-order chi connectivity index (χ0) is 13.4. The molecule has 1 aliphatic heterocycles. The van der Waals surface area contributed by atoms with E-state index >= 15 is 0 Å². The molecule has 0 radical (unpaired) electrons. The minimum absolute atomic E-state index is 0.127. The third-order valence-electron chi connectivity index (χ3n) is 3.52. The summed E-state index contributed by atoms with van der Waals surface area (Å²) in [5, 5.41) is 6.33. The fourth-order valence-electron chi connectivity index (χ4n) is 2.16. The van der Waals surface area contributed by atoms with E-state index in [1.54, 1.807) is 7.11 Å². The molecular weight excluding hydrogens is 230 g/mol. The lowest BCUT2D eigenvalue weighted by molar-refractivity contribution is -0.132. The van der Waals surface area contributed by atoms with Crippen LogP contribution < -0.4 is 10.6 Å². The van der Waals surface area contributed by atoms with Crippen molar-refractivity contribution in [1.29, 1.82) is 0 Å². The Morgan fingerprint density at radius 2 is 2.00 bits per heavy atom. The van der Waals surface area contributed by atoms with E-state index in [0.29, 0.717) is 0 Å². The van der Waals surface area contributed by atoms with E-state index in [9.17, 15) is 4.79 Å². The normalized spacial score (nSPS) is 17.7. The molecule has 1 amide bonds. The molecule has 0 bridgehead atoms. The van der Waals surface area contributed by atoms with Crippen molar-refractivity contribution in [2.45, 2.75) is 32.2 Å². The van der Waals surface area contributed by atoms with Crippen LogP contribution in [0.1, 0.15) is 26.7 Å². The van der Waals surface area contributed by atoms with Gasteiger partial charge in [-0.2, -0.15) is 0 Å². The van der Waals surface area contributed by atoms with E-state index in [1.165, 1.54) is 0 Å². The van der Waals surface area contributed by atoms with Crippen LogP contribution in [0.25, 0.3) is 0 Å². The van der Waals surface area contributed by atoms with Crippen molar-refractivity contribution in [2.75, 3.05) is 46.4 Å². The van der Waals surface area contributed by atoms with Crippen LogP contribution in [-0.2, 0) is 9.53 Å². The highest BCUT2D eigenvalue weighted by Crippen LogP contribution is 2.15. The second kappa shape index (κ2) is 7.71. The minimum Gasteiger partial charge on any atom is -0.385 e. The number of piperazine rings is 1. The van der Waals surface area contributed by atoms with Crippen molar-refractivity contribution in [3.8, 4) is 0 Å². The summed E-state index contributed by atoms with van der Waals surface area (Å²) < 4.78 is 4.98. The molecule has 2 N–H and O–H groups in total. The molecule has 0 atom stereocenters. The van der Waals surface area contributed by atoms with Crippen LogP contribution in [0.15, 0.2) is 0 Å². The van der Waals surface area contributed by atoms with E-state index in [2.05, 4.69) is 15.5 Å². The van der Waals surface area contributed by atoms with Crippen LogP contribution >= 0.6 is 0 Å². The Balaban J connectivity index is 2.29. The van der Waals surface area contributed by atoms with Crippen LogP contribution in [0.5, 0.6) is 0 Å². The van der Waals surface area contributed by atoms with E-state index < -0.39 is 5.54 Å². The number of hydrogen-bond donors (Lipinski definition) is 2. The molecule has 1 heterocycles. The van der Waals surface area contributed by atoms with Gasteiger partial charge in [0.25, 0.3) is 0 Å². The Morgan fingerprint density at radius 3 is 2.61 bits per heavy atom. The lowest BCUT2D eigenvalue weighted by Gasteiger charge is -2.39. The van der Waals surface area contributed by atoms with Gasteiger partial charge in [0.1, 0.15) is 0 Å². The summed E-state index contributed by atoms with van der Waals surface area (Å²) in [5.41, 5.74) is -0.413. The Labute approximate surface area is 110 Å². The molecule has 0 aromatic carbocycles. The minimum atomic E-state index is -0.413. The fraction of sp³-hybridized carbons (Fsp3) is 0.923. The number of hydrogen-bond acceptors (Lipinski definition) is 4. The van der Waals surface area contributed by atoms with Gasteiger partial charge < -0.3 is 15.4 Å². The highest BCUT2D eigenvalue weighted by atomic mass is 16.5. The molecule has 5 nitrogen and oxygen atoms in total. The molecule has 106 valence electrons. The predicted octanol–water partition coefficient (Wildman–Crippen LogP) is 0.213. The number of rotatable bonds is 7. The van der Waals surface area contributed by atoms with Gasteiger partial charge in [0.2, 0.25) is 5.91 Å². The molecular formula is C13H27N3O2. The van der Waals surface area contributed by atoms with Crippen LogP contribution in [-0.4, -0.2) is 62.8 Å². The van der Waals surface area contributed by atoms with E-state index in [-0.39, 0.29) is 5.91 Å². The van der Waals surface area contributed by atoms with Crippen LogP contribution in [0.3, 0.4) is 0 Å². The van der Waals surface area contributed by atoms with Gasteiger partial charge in [-0.3, -0.25) is 9.69 Å². The summed E-state index contributed by atoms with van der Waals surface area (Å²) in [6.45, 7) is 9.30. The van der Waals surface area contributed by atoms with E-state index in [4.69, 9.17) is 4.74 Å². The first-order valence-corrected chi connectivity index (χ1v) is 6.82. The number of nitrogens with one attached hydrogen (secondary N) is 2. The van der Waals surface area contributed by atoms with Crippen LogP contribution in [0.2, 0.25) is 0 Å². The highest BCUT2D eigenvalue weighted by Gasteiger charge is 2.34. The van der Waals surface area contributed by atoms with Crippen LogP contribution in [0, 0.1) is 0 Å². The first kappa shape index (κ1) is 15.4. The Hall–Kier alpha value is -0.650. The standard InChI is InChI=1S/C13H27N3O2/c1-13(2,16-9-7-14-8-10-16)12(17)15-6-4-5-11-18-3/h14H,4-11H2,1-3H3,(H,15,17). The number of nitrogens with zero attached hydrogens (tertiary/aromatic N) is 1. The fourth-order valence-corrected chi connectivity index (χ4v) is 2.16. The average molecular weight is 257 g/mol. The Bertz CT molecular complexity index is 251. The van der Waals surface area contributed by atoms with Crippen molar-refractivity contribution in [1.82, 2.24) is 15.5 Å². The maximum atomic E-state index is 12.2. The monoisotopic (exact) mass is 257 g/mol. The zero-order valence-electron chi connectivity index (χ0n) is 11.9. The van der Waals surface area contributed by atoms with Gasteiger partial charge in [0, 0.05) is 46.4 Å². The number of methoxy groups -OCH3 is 1. The molecule has 1 fully saturated rings. The molecule has 1 saturated heterocycles. The van der Waals surface area contributed by atoms with Gasteiger partial charge in [0.05, 0.1) is 5.54 Å². The lowest BCUT2D eigenvalue weighted by Crippen LogP contribution is -2.60. The summed E-state index contributed by atoms with van der Waals surface area (Å²) in [4.78, 5) is 14.4. The summed E-state index contributed by atoms with van der Waals surface area (Å²) in [6.07, 6.45) is 1.96. The summed E-state index contributed by atoms with van der Waals surface area (Å²) in [5.74, 6) is 0.127. The average Bonchev–Trinajstić information content (AvgIpc) is 2.39. The second-order valence-electron chi connectivity index (χ2n) is 5.25. The molecule has 0 aliphatic carbocycles. The third-order valence-corrected chi connectivity index (χ3v) is 3.52. The van der Waals surface area contributed by atoms with E-state index in [0.717, 1.165) is 52.2 Å². The topological polar surface area (TPSA) is 53.6 Å². The Kier molecular flexibility index (Phi) is 6.60. The maximum absolute atomic E-state index is 12.2. The molecule has 0 aromatic heterocycles. The van der Waals surface area contributed by atoms with Crippen molar-refractivity contribution < 1.29 is 9.53 Å². The van der Waals surface area contributed by atoms with Gasteiger partial charge in [0.15, 0.2) is 0 Å².